The molecule has 0 aromatic carbocycles. The van der Waals surface area contributed by atoms with Gasteiger partial charge in [0.05, 0.1) is 18.1 Å². The summed E-state index contributed by atoms with van der Waals surface area (Å²) in [6.07, 6.45) is 8.37. The second-order valence-electron chi connectivity index (χ2n) is 5.21. The van der Waals surface area contributed by atoms with E-state index in [-0.39, 0.29) is 5.57 Å². The van der Waals surface area contributed by atoms with E-state index in [0.29, 0.717) is 16.1 Å². The number of fused-ring (bicyclic) bond motifs is 1. The zero-order valence-electron chi connectivity index (χ0n) is 12.3. The van der Waals surface area contributed by atoms with Gasteiger partial charge in [0.2, 0.25) is 0 Å². The molecular formula is C17H13N3O2S. The summed E-state index contributed by atoms with van der Waals surface area (Å²) in [7, 11) is 0. The van der Waals surface area contributed by atoms with Gasteiger partial charge in [-0.25, -0.2) is 0 Å². The number of hydrogen-bond acceptors (Lipinski definition) is 5. The lowest BCUT2D eigenvalue weighted by Crippen LogP contribution is -2.13. The van der Waals surface area contributed by atoms with Crippen LogP contribution < -0.4 is 5.32 Å². The summed E-state index contributed by atoms with van der Waals surface area (Å²) in [5.74, 6) is -0.510. The highest BCUT2D eigenvalue weighted by atomic mass is 32.1. The number of amides is 1. The monoisotopic (exact) mass is 323 g/mol. The lowest BCUT2D eigenvalue weighted by Gasteiger charge is -2.09. The van der Waals surface area contributed by atoms with Crippen molar-refractivity contribution in [3.63, 3.8) is 0 Å². The van der Waals surface area contributed by atoms with Gasteiger partial charge in [-0.05, 0) is 43.4 Å². The third-order valence-electron chi connectivity index (χ3n) is 3.73. The van der Waals surface area contributed by atoms with Crippen LogP contribution in [0, 0.1) is 22.7 Å². The minimum Gasteiger partial charge on any atom is -0.472 e. The van der Waals surface area contributed by atoms with Crippen LogP contribution in [0.25, 0.3) is 6.08 Å². The van der Waals surface area contributed by atoms with Gasteiger partial charge in [-0.2, -0.15) is 10.5 Å². The first-order valence-corrected chi connectivity index (χ1v) is 8.04. The normalized spacial score (nSPS) is 13.7. The minimum atomic E-state index is -0.510. The lowest BCUT2D eigenvalue weighted by atomic mass is 9.96. The summed E-state index contributed by atoms with van der Waals surface area (Å²) in [5, 5.41) is 21.8. The first-order valence-electron chi connectivity index (χ1n) is 7.23. The smallest absolute Gasteiger partial charge is 0.266 e. The van der Waals surface area contributed by atoms with Crippen molar-refractivity contribution < 1.29 is 9.21 Å². The molecular weight excluding hydrogens is 310 g/mol. The molecule has 0 saturated heterocycles. The van der Waals surface area contributed by atoms with Crippen molar-refractivity contribution in [1.29, 1.82) is 10.5 Å². The van der Waals surface area contributed by atoms with Gasteiger partial charge in [0.25, 0.3) is 5.91 Å². The number of aryl methyl sites for hydroxylation is 1. The molecule has 2 heterocycles. The van der Waals surface area contributed by atoms with Gasteiger partial charge in [0.1, 0.15) is 22.7 Å². The highest BCUT2D eigenvalue weighted by molar-refractivity contribution is 7.16. The Hall–Kier alpha value is -2.83. The fourth-order valence-electron chi connectivity index (χ4n) is 2.62. The molecule has 0 fully saturated rings. The molecule has 0 bridgehead atoms. The molecule has 23 heavy (non-hydrogen) atoms. The summed E-state index contributed by atoms with van der Waals surface area (Å²) in [4.78, 5) is 13.5. The Balaban J connectivity index is 1.87. The van der Waals surface area contributed by atoms with Crippen molar-refractivity contribution in [3.8, 4) is 12.1 Å². The van der Waals surface area contributed by atoms with Crippen molar-refractivity contribution >= 4 is 28.3 Å². The van der Waals surface area contributed by atoms with E-state index >= 15 is 0 Å². The number of hydrogen-bond donors (Lipinski definition) is 1. The maximum Gasteiger partial charge on any atom is 0.266 e. The van der Waals surface area contributed by atoms with Crippen LogP contribution in [0.4, 0.5) is 5.00 Å². The molecule has 3 rings (SSSR count). The van der Waals surface area contributed by atoms with Gasteiger partial charge in [-0.15, -0.1) is 11.3 Å². The Morgan fingerprint density at radius 3 is 2.87 bits per heavy atom. The van der Waals surface area contributed by atoms with Crippen molar-refractivity contribution in [2.45, 2.75) is 25.7 Å². The van der Waals surface area contributed by atoms with E-state index in [2.05, 4.69) is 11.4 Å². The molecule has 0 spiro atoms. The summed E-state index contributed by atoms with van der Waals surface area (Å²) < 4.78 is 4.92. The van der Waals surface area contributed by atoms with Gasteiger partial charge in [0.15, 0.2) is 0 Å². The number of rotatable bonds is 3. The van der Waals surface area contributed by atoms with E-state index in [1.807, 2.05) is 6.07 Å². The van der Waals surface area contributed by atoms with E-state index < -0.39 is 5.91 Å². The molecule has 0 radical (unpaired) electrons. The zero-order valence-corrected chi connectivity index (χ0v) is 13.1. The van der Waals surface area contributed by atoms with Crippen LogP contribution >= 0.6 is 11.3 Å². The number of carbonyl (C=O) groups excluding carboxylic acids is 1. The summed E-state index contributed by atoms with van der Waals surface area (Å²) in [6.45, 7) is 0. The molecule has 5 nitrogen and oxygen atoms in total. The lowest BCUT2D eigenvalue weighted by molar-refractivity contribution is -0.112. The largest absolute Gasteiger partial charge is 0.472 e. The molecule has 1 aliphatic carbocycles. The number of nitrogens with one attached hydrogen (secondary N) is 1. The van der Waals surface area contributed by atoms with Crippen LogP contribution in [0.15, 0.2) is 28.6 Å². The van der Waals surface area contributed by atoms with E-state index in [1.54, 1.807) is 6.07 Å². The predicted molar refractivity (Wildman–Crippen MR) is 86.6 cm³/mol. The van der Waals surface area contributed by atoms with Crippen LogP contribution in [0.2, 0.25) is 0 Å². The van der Waals surface area contributed by atoms with Crippen LogP contribution in [0.1, 0.15) is 34.4 Å². The molecule has 6 heteroatoms. The maximum atomic E-state index is 12.3. The first kappa shape index (κ1) is 15.1. The highest BCUT2D eigenvalue weighted by Crippen LogP contribution is 2.37. The Kier molecular flexibility index (Phi) is 4.27. The average Bonchev–Trinajstić information content (AvgIpc) is 3.19. The van der Waals surface area contributed by atoms with E-state index in [0.717, 1.165) is 31.2 Å². The zero-order chi connectivity index (χ0) is 16.2. The highest BCUT2D eigenvalue weighted by Gasteiger charge is 2.22. The number of nitrogens with zero attached hydrogens (tertiary/aromatic N) is 2. The first-order chi connectivity index (χ1) is 11.2. The molecule has 2 aromatic heterocycles. The molecule has 1 N–H and O–H groups in total. The summed E-state index contributed by atoms with van der Waals surface area (Å²) in [5.41, 5.74) is 2.21. The third kappa shape index (κ3) is 3.03. The van der Waals surface area contributed by atoms with Gasteiger partial charge in [-0.1, -0.05) is 0 Å². The van der Waals surface area contributed by atoms with Crippen LogP contribution in [-0.2, 0) is 17.6 Å². The number of nitriles is 2. The fourth-order valence-corrected chi connectivity index (χ4v) is 3.85. The average molecular weight is 323 g/mol. The van der Waals surface area contributed by atoms with Crippen molar-refractivity contribution in [1.82, 2.24) is 0 Å². The van der Waals surface area contributed by atoms with E-state index in [9.17, 15) is 15.3 Å². The molecule has 0 aliphatic heterocycles. The SMILES string of the molecule is N#C/C(=C\c1ccoc1)C(=O)Nc1sc2c(c1C#N)CCCC2. The predicted octanol–water partition coefficient (Wildman–Crippen LogP) is 3.64. The summed E-state index contributed by atoms with van der Waals surface area (Å²) in [6, 6.07) is 5.74. The van der Waals surface area contributed by atoms with Gasteiger partial charge >= 0.3 is 0 Å². The molecule has 2 aromatic rings. The molecule has 1 amide bonds. The van der Waals surface area contributed by atoms with Gasteiger partial charge in [0, 0.05) is 10.4 Å². The third-order valence-corrected chi connectivity index (χ3v) is 4.94. The number of carbonyl (C=O) groups is 1. The molecule has 0 saturated carbocycles. The van der Waals surface area contributed by atoms with Crippen molar-refractivity contribution in [3.05, 3.63) is 45.7 Å². The standard InChI is InChI=1S/C17H13N3O2S/c18-8-12(7-11-5-6-22-10-11)16(21)20-17-14(9-19)13-3-1-2-4-15(13)23-17/h5-7,10H,1-4H2,(H,20,21)/b12-7+. The molecule has 114 valence electrons. The Morgan fingerprint density at radius 1 is 1.35 bits per heavy atom. The maximum absolute atomic E-state index is 12.3. The quantitative estimate of drug-likeness (QED) is 0.689. The minimum absolute atomic E-state index is 0.0262. The Labute approximate surface area is 137 Å². The van der Waals surface area contributed by atoms with Gasteiger partial charge < -0.3 is 9.73 Å². The number of anilines is 1. The molecule has 0 unspecified atom stereocenters. The second kappa shape index (κ2) is 6.51. The fraction of sp³-hybridized carbons (Fsp3) is 0.235. The van der Waals surface area contributed by atoms with E-state index in [1.165, 1.54) is 34.8 Å². The second-order valence-corrected chi connectivity index (χ2v) is 6.31. The van der Waals surface area contributed by atoms with Crippen LogP contribution in [-0.4, -0.2) is 5.91 Å². The number of furan rings is 1. The van der Waals surface area contributed by atoms with Crippen LogP contribution in [0.3, 0.4) is 0 Å². The van der Waals surface area contributed by atoms with Crippen LogP contribution in [0.5, 0.6) is 0 Å². The van der Waals surface area contributed by atoms with Crippen molar-refractivity contribution in [2.24, 2.45) is 0 Å². The number of thiophene rings is 1. The summed E-state index contributed by atoms with van der Waals surface area (Å²) >= 11 is 1.44. The molecule has 1 aliphatic rings. The van der Waals surface area contributed by atoms with E-state index in [4.69, 9.17) is 4.42 Å². The van der Waals surface area contributed by atoms with Gasteiger partial charge in [-0.3, -0.25) is 4.79 Å². The van der Waals surface area contributed by atoms with Crippen molar-refractivity contribution in [2.75, 3.05) is 5.32 Å². The molecule has 0 atom stereocenters. The Bertz CT molecular complexity index is 848. The Morgan fingerprint density at radius 2 is 2.17 bits per heavy atom. The topological polar surface area (TPSA) is 89.8 Å².